The molecule has 1 aromatic heterocycles. The van der Waals surface area contributed by atoms with E-state index in [9.17, 15) is 4.79 Å². The quantitative estimate of drug-likeness (QED) is 0.728. The van der Waals surface area contributed by atoms with Crippen molar-refractivity contribution in [2.24, 2.45) is 5.92 Å². The van der Waals surface area contributed by atoms with E-state index in [4.69, 9.17) is 9.84 Å². The summed E-state index contributed by atoms with van der Waals surface area (Å²) in [6.07, 6.45) is 4.66. The Morgan fingerprint density at radius 1 is 1.53 bits per heavy atom. The SMILES string of the molecule is O=C(O)C1COCC1Nc1cnccn1. The van der Waals surface area contributed by atoms with Gasteiger partial charge in [0.1, 0.15) is 11.7 Å². The summed E-state index contributed by atoms with van der Waals surface area (Å²) in [4.78, 5) is 18.7. The van der Waals surface area contributed by atoms with Crippen LogP contribution in [0.5, 0.6) is 0 Å². The smallest absolute Gasteiger partial charge is 0.311 e. The van der Waals surface area contributed by atoms with E-state index in [1.54, 1.807) is 18.6 Å². The molecule has 1 aliphatic rings. The molecule has 80 valence electrons. The van der Waals surface area contributed by atoms with Crippen LogP contribution in [0.4, 0.5) is 5.82 Å². The van der Waals surface area contributed by atoms with Crippen molar-refractivity contribution in [3.63, 3.8) is 0 Å². The van der Waals surface area contributed by atoms with E-state index in [1.165, 1.54) is 0 Å². The van der Waals surface area contributed by atoms with Crippen molar-refractivity contribution in [2.45, 2.75) is 6.04 Å². The molecule has 2 N–H and O–H groups in total. The molecule has 0 aliphatic carbocycles. The summed E-state index contributed by atoms with van der Waals surface area (Å²) in [5.74, 6) is -0.805. The highest BCUT2D eigenvalue weighted by atomic mass is 16.5. The number of hydrogen-bond donors (Lipinski definition) is 2. The number of carboxylic acids is 1. The molecule has 0 spiro atoms. The monoisotopic (exact) mass is 209 g/mol. The zero-order valence-electron chi connectivity index (χ0n) is 7.96. The lowest BCUT2D eigenvalue weighted by molar-refractivity contribution is -0.141. The molecule has 2 heterocycles. The molecule has 0 bridgehead atoms. The van der Waals surface area contributed by atoms with E-state index in [2.05, 4.69) is 15.3 Å². The van der Waals surface area contributed by atoms with Gasteiger partial charge in [0.25, 0.3) is 0 Å². The van der Waals surface area contributed by atoms with Gasteiger partial charge in [0, 0.05) is 12.4 Å². The molecule has 2 unspecified atom stereocenters. The molecule has 6 heteroatoms. The van der Waals surface area contributed by atoms with Crippen LogP contribution in [0.15, 0.2) is 18.6 Å². The molecule has 0 radical (unpaired) electrons. The highest BCUT2D eigenvalue weighted by molar-refractivity contribution is 5.72. The summed E-state index contributed by atoms with van der Waals surface area (Å²) >= 11 is 0. The Balaban J connectivity index is 2.03. The van der Waals surface area contributed by atoms with Crippen LogP contribution in [0, 0.1) is 5.92 Å². The van der Waals surface area contributed by atoms with Crippen molar-refractivity contribution in [3.05, 3.63) is 18.6 Å². The van der Waals surface area contributed by atoms with Gasteiger partial charge < -0.3 is 15.2 Å². The fraction of sp³-hybridized carbons (Fsp3) is 0.444. The van der Waals surface area contributed by atoms with E-state index in [0.29, 0.717) is 12.4 Å². The molecule has 0 saturated carbocycles. The topological polar surface area (TPSA) is 84.3 Å². The number of rotatable bonds is 3. The Morgan fingerprint density at radius 2 is 2.40 bits per heavy atom. The normalized spacial score (nSPS) is 25.1. The molecule has 6 nitrogen and oxygen atoms in total. The molecule has 15 heavy (non-hydrogen) atoms. The van der Waals surface area contributed by atoms with Crippen molar-refractivity contribution in [1.29, 1.82) is 0 Å². The van der Waals surface area contributed by atoms with Crippen molar-refractivity contribution in [3.8, 4) is 0 Å². The summed E-state index contributed by atoms with van der Waals surface area (Å²) in [5, 5.41) is 11.9. The Kier molecular flexibility index (Phi) is 2.77. The highest BCUT2D eigenvalue weighted by Crippen LogP contribution is 2.17. The van der Waals surface area contributed by atoms with Gasteiger partial charge in [-0.3, -0.25) is 9.78 Å². The number of aliphatic carboxylic acids is 1. The van der Waals surface area contributed by atoms with E-state index in [-0.39, 0.29) is 12.6 Å². The first-order valence-electron chi connectivity index (χ1n) is 4.60. The minimum Gasteiger partial charge on any atom is -0.481 e. The summed E-state index contributed by atoms with van der Waals surface area (Å²) in [6, 6.07) is -0.237. The van der Waals surface area contributed by atoms with Crippen molar-refractivity contribution in [1.82, 2.24) is 9.97 Å². The van der Waals surface area contributed by atoms with Crippen LogP contribution in [0.2, 0.25) is 0 Å². The van der Waals surface area contributed by atoms with Gasteiger partial charge in [0.2, 0.25) is 0 Å². The van der Waals surface area contributed by atoms with Gasteiger partial charge in [-0.25, -0.2) is 4.98 Å². The van der Waals surface area contributed by atoms with Crippen molar-refractivity contribution in [2.75, 3.05) is 18.5 Å². The first-order valence-corrected chi connectivity index (χ1v) is 4.60. The van der Waals surface area contributed by atoms with Crippen LogP contribution in [0.25, 0.3) is 0 Å². The Labute approximate surface area is 86.3 Å². The van der Waals surface area contributed by atoms with Crippen LogP contribution in [-0.4, -0.2) is 40.3 Å². The number of hydrogen-bond acceptors (Lipinski definition) is 5. The second-order valence-corrected chi connectivity index (χ2v) is 3.32. The van der Waals surface area contributed by atoms with E-state index in [0.717, 1.165) is 0 Å². The molecule has 2 atom stereocenters. The Bertz CT molecular complexity index is 344. The number of nitrogens with zero attached hydrogens (tertiary/aromatic N) is 2. The van der Waals surface area contributed by atoms with Gasteiger partial charge in [-0.15, -0.1) is 0 Å². The van der Waals surface area contributed by atoms with Crippen LogP contribution < -0.4 is 5.32 Å². The second-order valence-electron chi connectivity index (χ2n) is 3.32. The van der Waals surface area contributed by atoms with E-state index in [1.807, 2.05) is 0 Å². The zero-order chi connectivity index (χ0) is 10.7. The number of anilines is 1. The number of nitrogens with one attached hydrogen (secondary N) is 1. The molecule has 0 aromatic carbocycles. The van der Waals surface area contributed by atoms with Crippen LogP contribution >= 0.6 is 0 Å². The molecular weight excluding hydrogens is 198 g/mol. The van der Waals surface area contributed by atoms with Gasteiger partial charge in [-0.1, -0.05) is 0 Å². The van der Waals surface area contributed by atoms with E-state index < -0.39 is 11.9 Å². The predicted octanol–water partition coefficient (Wildman–Crippen LogP) is -0.0119. The standard InChI is InChI=1S/C9H11N3O3/c13-9(14)6-4-15-5-7(6)12-8-3-10-1-2-11-8/h1-3,6-7H,4-5H2,(H,11,12)(H,13,14). The lowest BCUT2D eigenvalue weighted by Gasteiger charge is -2.15. The first-order chi connectivity index (χ1) is 7.27. The molecule has 1 saturated heterocycles. The molecule has 0 amide bonds. The summed E-state index contributed by atoms with van der Waals surface area (Å²) in [6.45, 7) is 0.626. The van der Waals surface area contributed by atoms with Crippen LogP contribution in [-0.2, 0) is 9.53 Å². The number of aromatic nitrogens is 2. The summed E-state index contributed by atoms with van der Waals surface area (Å²) in [5.41, 5.74) is 0. The fourth-order valence-electron chi connectivity index (χ4n) is 1.50. The lowest BCUT2D eigenvalue weighted by Crippen LogP contribution is -2.33. The first kappa shape index (κ1) is 9.85. The van der Waals surface area contributed by atoms with Crippen molar-refractivity contribution >= 4 is 11.8 Å². The lowest BCUT2D eigenvalue weighted by atomic mass is 10.0. The molecular formula is C9H11N3O3. The fourth-order valence-corrected chi connectivity index (χ4v) is 1.50. The van der Waals surface area contributed by atoms with Gasteiger partial charge in [-0.05, 0) is 0 Å². The molecule has 1 fully saturated rings. The maximum Gasteiger partial charge on any atom is 0.311 e. The van der Waals surface area contributed by atoms with Crippen molar-refractivity contribution < 1.29 is 14.6 Å². The zero-order valence-corrected chi connectivity index (χ0v) is 7.96. The number of ether oxygens (including phenoxy) is 1. The summed E-state index contributed by atoms with van der Waals surface area (Å²) in [7, 11) is 0. The van der Waals surface area contributed by atoms with Gasteiger partial charge in [0.05, 0.1) is 25.5 Å². The maximum atomic E-state index is 10.8. The average Bonchev–Trinajstić information content (AvgIpc) is 2.67. The van der Waals surface area contributed by atoms with Crippen LogP contribution in [0.3, 0.4) is 0 Å². The largest absolute Gasteiger partial charge is 0.481 e. The van der Waals surface area contributed by atoms with E-state index >= 15 is 0 Å². The maximum absolute atomic E-state index is 10.8. The minimum absolute atomic E-state index is 0.237. The second kappa shape index (κ2) is 4.22. The predicted molar refractivity (Wildman–Crippen MR) is 51.4 cm³/mol. The third kappa shape index (κ3) is 2.21. The average molecular weight is 209 g/mol. The highest BCUT2D eigenvalue weighted by Gasteiger charge is 2.34. The van der Waals surface area contributed by atoms with Crippen LogP contribution in [0.1, 0.15) is 0 Å². The number of carboxylic acid groups (broad SMARTS) is 1. The van der Waals surface area contributed by atoms with Gasteiger partial charge in [-0.2, -0.15) is 0 Å². The third-order valence-electron chi connectivity index (χ3n) is 2.29. The number of carbonyl (C=O) groups is 1. The Morgan fingerprint density at radius 3 is 3.07 bits per heavy atom. The molecule has 2 rings (SSSR count). The summed E-state index contributed by atoms with van der Waals surface area (Å²) < 4.78 is 5.11. The van der Waals surface area contributed by atoms with Gasteiger partial charge >= 0.3 is 5.97 Å². The molecule has 1 aromatic rings. The third-order valence-corrected chi connectivity index (χ3v) is 2.29. The Hall–Kier alpha value is -1.69. The van der Waals surface area contributed by atoms with Gasteiger partial charge in [0.15, 0.2) is 0 Å². The molecule has 1 aliphatic heterocycles. The minimum atomic E-state index is -0.853.